The van der Waals surface area contributed by atoms with Gasteiger partial charge in [0.2, 0.25) is 5.89 Å². The second-order valence-corrected chi connectivity index (χ2v) is 5.92. The molecule has 1 unspecified atom stereocenters. The summed E-state index contributed by atoms with van der Waals surface area (Å²) in [5.41, 5.74) is 1.27. The Morgan fingerprint density at radius 2 is 1.90 bits per heavy atom. The van der Waals surface area contributed by atoms with Crippen LogP contribution in [0.3, 0.4) is 0 Å². The molecule has 0 radical (unpaired) electrons. The number of hydrogen-bond donors (Lipinski definition) is 1. The van der Waals surface area contributed by atoms with E-state index < -0.39 is 0 Å². The van der Waals surface area contributed by atoms with Gasteiger partial charge in [0.15, 0.2) is 5.82 Å². The zero-order valence-electron chi connectivity index (χ0n) is 13.1. The van der Waals surface area contributed by atoms with E-state index in [0.29, 0.717) is 11.9 Å². The Morgan fingerprint density at radius 3 is 2.52 bits per heavy atom. The maximum atomic E-state index is 5.38. The molecule has 1 aromatic heterocycles. The molecule has 116 valence electrons. The lowest BCUT2D eigenvalue weighted by molar-refractivity contribution is 0.343. The molecule has 1 N–H and O–H groups in total. The van der Waals surface area contributed by atoms with E-state index in [2.05, 4.69) is 60.5 Å². The van der Waals surface area contributed by atoms with Crippen LogP contribution >= 0.6 is 12.4 Å². The number of halogens is 1. The summed E-state index contributed by atoms with van der Waals surface area (Å²) in [6, 6.07) is 10.8. The van der Waals surface area contributed by atoms with Crippen molar-refractivity contribution in [3.8, 4) is 0 Å². The number of nitrogens with one attached hydrogen (secondary N) is 1. The molecule has 1 heterocycles. The summed E-state index contributed by atoms with van der Waals surface area (Å²) in [5.74, 6) is 1.47. The molecule has 2 aromatic rings. The Labute approximate surface area is 132 Å². The summed E-state index contributed by atoms with van der Waals surface area (Å²) in [5, 5.41) is 7.23. The molecule has 0 spiro atoms. The third-order valence-corrected chi connectivity index (χ3v) is 3.64. The molecule has 0 aliphatic heterocycles. The first-order valence-corrected chi connectivity index (χ1v) is 7.05. The highest BCUT2D eigenvalue weighted by atomic mass is 35.5. The normalized spacial score (nSPS) is 12.8. The van der Waals surface area contributed by atoms with Crippen molar-refractivity contribution in [2.75, 3.05) is 7.05 Å². The lowest BCUT2D eigenvalue weighted by Gasteiger charge is -2.23. The Hall–Kier alpha value is -1.39. The van der Waals surface area contributed by atoms with Crippen molar-refractivity contribution in [3.63, 3.8) is 0 Å². The molecule has 0 saturated carbocycles. The molecular weight excluding hydrogens is 286 g/mol. The van der Waals surface area contributed by atoms with Gasteiger partial charge >= 0.3 is 0 Å². The molecule has 0 bridgehead atoms. The quantitative estimate of drug-likeness (QED) is 0.890. The van der Waals surface area contributed by atoms with Gasteiger partial charge in [-0.2, -0.15) is 4.98 Å². The molecule has 0 amide bonds. The standard InChI is InChI=1S/C16H23N3O.ClH/c1-12(17-4)10-14-18-15(20-19-14)11-16(2,3)13-8-6-5-7-9-13;/h5-9,12,17H,10-11H2,1-4H3;1H. The van der Waals surface area contributed by atoms with Gasteiger partial charge in [0.25, 0.3) is 0 Å². The first-order valence-electron chi connectivity index (χ1n) is 7.05. The molecule has 4 nitrogen and oxygen atoms in total. The van der Waals surface area contributed by atoms with Crippen LogP contribution in [0.25, 0.3) is 0 Å². The summed E-state index contributed by atoms with van der Waals surface area (Å²) in [4.78, 5) is 4.49. The fourth-order valence-corrected chi connectivity index (χ4v) is 2.19. The van der Waals surface area contributed by atoms with E-state index in [1.54, 1.807) is 0 Å². The predicted molar refractivity (Wildman–Crippen MR) is 86.9 cm³/mol. The minimum atomic E-state index is -0.0142. The maximum absolute atomic E-state index is 5.38. The van der Waals surface area contributed by atoms with Crippen LogP contribution in [-0.2, 0) is 18.3 Å². The first kappa shape index (κ1) is 17.7. The van der Waals surface area contributed by atoms with Crippen LogP contribution in [0.1, 0.15) is 38.0 Å². The number of likely N-dealkylation sites (N-methyl/N-ethyl adjacent to an activating group) is 1. The van der Waals surface area contributed by atoms with Gasteiger partial charge in [-0.3, -0.25) is 0 Å². The molecule has 21 heavy (non-hydrogen) atoms. The van der Waals surface area contributed by atoms with Gasteiger partial charge < -0.3 is 9.84 Å². The molecule has 1 aromatic carbocycles. The fraction of sp³-hybridized carbons (Fsp3) is 0.500. The van der Waals surface area contributed by atoms with Gasteiger partial charge in [0.1, 0.15) is 0 Å². The van der Waals surface area contributed by atoms with Crippen molar-refractivity contribution in [1.82, 2.24) is 15.5 Å². The Bertz CT molecular complexity index is 539. The summed E-state index contributed by atoms with van der Waals surface area (Å²) < 4.78 is 5.38. The van der Waals surface area contributed by atoms with Gasteiger partial charge in [-0.05, 0) is 24.9 Å². The third kappa shape index (κ3) is 4.83. The van der Waals surface area contributed by atoms with Crippen molar-refractivity contribution in [2.24, 2.45) is 0 Å². The monoisotopic (exact) mass is 309 g/mol. The number of hydrogen-bond acceptors (Lipinski definition) is 4. The first-order chi connectivity index (χ1) is 9.51. The van der Waals surface area contributed by atoms with Gasteiger partial charge in [-0.25, -0.2) is 0 Å². The number of rotatable bonds is 6. The number of aromatic nitrogens is 2. The van der Waals surface area contributed by atoms with Gasteiger partial charge in [0.05, 0.1) is 0 Å². The lowest BCUT2D eigenvalue weighted by atomic mass is 9.81. The Morgan fingerprint density at radius 1 is 1.24 bits per heavy atom. The minimum absolute atomic E-state index is 0. The van der Waals surface area contributed by atoms with E-state index in [-0.39, 0.29) is 17.8 Å². The zero-order valence-corrected chi connectivity index (χ0v) is 13.9. The highest BCUT2D eigenvalue weighted by molar-refractivity contribution is 5.85. The van der Waals surface area contributed by atoms with Crippen LogP contribution < -0.4 is 5.32 Å². The molecule has 0 saturated heterocycles. The van der Waals surface area contributed by atoms with E-state index in [4.69, 9.17) is 4.52 Å². The summed E-state index contributed by atoms with van der Waals surface area (Å²) in [7, 11) is 1.93. The van der Waals surface area contributed by atoms with E-state index in [0.717, 1.165) is 18.7 Å². The Kier molecular flexibility index (Phi) is 6.37. The van der Waals surface area contributed by atoms with E-state index in [9.17, 15) is 0 Å². The minimum Gasteiger partial charge on any atom is -0.339 e. The average Bonchev–Trinajstić information content (AvgIpc) is 2.86. The molecule has 0 aliphatic carbocycles. The molecule has 1 atom stereocenters. The van der Waals surface area contributed by atoms with E-state index in [1.165, 1.54) is 5.56 Å². The Balaban J connectivity index is 0.00000220. The molecule has 0 fully saturated rings. The largest absolute Gasteiger partial charge is 0.339 e. The summed E-state index contributed by atoms with van der Waals surface area (Å²) >= 11 is 0. The van der Waals surface area contributed by atoms with Crippen LogP contribution in [0.2, 0.25) is 0 Å². The van der Waals surface area contributed by atoms with Crippen molar-refractivity contribution in [2.45, 2.75) is 45.1 Å². The van der Waals surface area contributed by atoms with Gasteiger partial charge in [0, 0.05) is 18.9 Å². The van der Waals surface area contributed by atoms with Crippen LogP contribution in [0, 0.1) is 0 Å². The van der Waals surface area contributed by atoms with Crippen molar-refractivity contribution in [1.29, 1.82) is 0 Å². The predicted octanol–water partition coefficient (Wildman–Crippen LogP) is 3.16. The van der Waals surface area contributed by atoms with Gasteiger partial charge in [-0.1, -0.05) is 49.3 Å². The number of nitrogens with zero attached hydrogens (tertiary/aromatic N) is 2. The molecular formula is C16H24ClN3O. The van der Waals surface area contributed by atoms with E-state index in [1.807, 2.05) is 13.1 Å². The SMILES string of the molecule is CNC(C)Cc1noc(CC(C)(C)c2ccccc2)n1.Cl. The van der Waals surface area contributed by atoms with Gasteiger partial charge in [-0.15, -0.1) is 12.4 Å². The third-order valence-electron chi connectivity index (χ3n) is 3.64. The molecule has 0 aliphatic rings. The lowest BCUT2D eigenvalue weighted by Crippen LogP contribution is -2.24. The maximum Gasteiger partial charge on any atom is 0.227 e. The average molecular weight is 310 g/mol. The smallest absolute Gasteiger partial charge is 0.227 e. The van der Waals surface area contributed by atoms with Crippen LogP contribution in [0.5, 0.6) is 0 Å². The fourth-order valence-electron chi connectivity index (χ4n) is 2.19. The second kappa shape index (κ2) is 7.57. The second-order valence-electron chi connectivity index (χ2n) is 5.92. The highest BCUT2D eigenvalue weighted by Gasteiger charge is 2.24. The summed E-state index contributed by atoms with van der Waals surface area (Å²) in [6.07, 6.45) is 1.53. The van der Waals surface area contributed by atoms with E-state index >= 15 is 0 Å². The van der Waals surface area contributed by atoms with Crippen molar-refractivity contribution in [3.05, 3.63) is 47.6 Å². The molecule has 5 heteroatoms. The zero-order chi connectivity index (χ0) is 14.6. The van der Waals surface area contributed by atoms with Crippen LogP contribution in [0.15, 0.2) is 34.9 Å². The number of benzene rings is 1. The van der Waals surface area contributed by atoms with Crippen LogP contribution in [-0.4, -0.2) is 23.2 Å². The highest BCUT2D eigenvalue weighted by Crippen LogP contribution is 2.26. The van der Waals surface area contributed by atoms with Crippen molar-refractivity contribution >= 4 is 12.4 Å². The van der Waals surface area contributed by atoms with Crippen LogP contribution in [0.4, 0.5) is 0 Å². The summed E-state index contributed by atoms with van der Waals surface area (Å²) in [6.45, 7) is 6.49. The molecule has 2 rings (SSSR count). The topological polar surface area (TPSA) is 51.0 Å². The van der Waals surface area contributed by atoms with Crippen molar-refractivity contribution < 1.29 is 4.52 Å².